The standard InChI is InChI=1S/C18H27BrO/c19-17-14-16(12-13-18(17)20)15-10-8-6-4-2-1-3-5-7-9-11-15/h12-15,20H,1-11H2. The average Bonchev–Trinajstić information content (AvgIpc) is 2.43. The second-order valence-corrected chi connectivity index (χ2v) is 7.02. The zero-order valence-electron chi connectivity index (χ0n) is 12.4. The van der Waals surface area contributed by atoms with E-state index in [0.29, 0.717) is 11.7 Å². The van der Waals surface area contributed by atoms with Crippen LogP contribution in [0.3, 0.4) is 0 Å². The molecule has 1 fully saturated rings. The Morgan fingerprint density at radius 1 is 0.800 bits per heavy atom. The molecule has 1 aromatic rings. The van der Waals surface area contributed by atoms with Crippen molar-refractivity contribution in [2.75, 3.05) is 0 Å². The highest BCUT2D eigenvalue weighted by Crippen LogP contribution is 2.33. The molecule has 0 spiro atoms. The van der Waals surface area contributed by atoms with E-state index in [4.69, 9.17) is 0 Å². The van der Waals surface area contributed by atoms with E-state index >= 15 is 0 Å². The fourth-order valence-corrected chi connectivity index (χ4v) is 3.67. The van der Waals surface area contributed by atoms with Crippen molar-refractivity contribution in [2.45, 2.75) is 76.5 Å². The molecule has 1 nitrogen and oxygen atoms in total. The Kier molecular flexibility index (Phi) is 6.92. The molecule has 2 heteroatoms. The Balaban J connectivity index is 1.99. The number of phenols is 1. The van der Waals surface area contributed by atoms with Crippen molar-refractivity contribution < 1.29 is 5.11 Å². The largest absolute Gasteiger partial charge is 0.507 e. The quantitative estimate of drug-likeness (QED) is 0.615. The molecule has 0 aliphatic heterocycles. The predicted molar refractivity (Wildman–Crippen MR) is 89.3 cm³/mol. The van der Waals surface area contributed by atoms with Gasteiger partial charge >= 0.3 is 0 Å². The maximum absolute atomic E-state index is 9.65. The molecule has 0 amide bonds. The summed E-state index contributed by atoms with van der Waals surface area (Å²) in [5.41, 5.74) is 1.40. The molecule has 0 atom stereocenters. The number of aromatic hydroxyl groups is 1. The molecule has 1 saturated carbocycles. The smallest absolute Gasteiger partial charge is 0.129 e. The first-order chi connectivity index (χ1) is 9.77. The lowest BCUT2D eigenvalue weighted by Gasteiger charge is -2.19. The molecule has 0 saturated heterocycles. The minimum absolute atomic E-state index is 0.349. The Labute approximate surface area is 131 Å². The second-order valence-electron chi connectivity index (χ2n) is 6.17. The molecular formula is C18H27BrO. The van der Waals surface area contributed by atoms with E-state index in [2.05, 4.69) is 28.1 Å². The van der Waals surface area contributed by atoms with E-state index in [9.17, 15) is 5.11 Å². The van der Waals surface area contributed by atoms with Gasteiger partial charge in [0.1, 0.15) is 5.75 Å². The van der Waals surface area contributed by atoms with Crippen molar-refractivity contribution in [1.82, 2.24) is 0 Å². The summed E-state index contributed by atoms with van der Waals surface area (Å²) in [5.74, 6) is 1.02. The normalized spacial score (nSPS) is 20.1. The van der Waals surface area contributed by atoms with Crippen LogP contribution in [0.25, 0.3) is 0 Å². The van der Waals surface area contributed by atoms with Crippen molar-refractivity contribution in [3.63, 3.8) is 0 Å². The Morgan fingerprint density at radius 3 is 1.80 bits per heavy atom. The van der Waals surface area contributed by atoms with Gasteiger partial charge in [-0.15, -0.1) is 0 Å². The summed E-state index contributed by atoms with van der Waals surface area (Å²) in [6, 6.07) is 6.05. The van der Waals surface area contributed by atoms with Gasteiger partial charge in [0.05, 0.1) is 4.47 Å². The van der Waals surface area contributed by atoms with Gasteiger partial charge in [0, 0.05) is 0 Å². The third kappa shape index (κ3) is 5.12. The van der Waals surface area contributed by atoms with E-state index in [1.165, 1.54) is 76.2 Å². The van der Waals surface area contributed by atoms with Crippen LogP contribution in [0.2, 0.25) is 0 Å². The summed E-state index contributed by atoms with van der Waals surface area (Å²) in [4.78, 5) is 0. The Bertz CT molecular complexity index is 390. The summed E-state index contributed by atoms with van der Waals surface area (Å²) >= 11 is 3.45. The number of hydrogen-bond donors (Lipinski definition) is 1. The Morgan fingerprint density at radius 2 is 1.30 bits per heavy atom. The summed E-state index contributed by atoms with van der Waals surface area (Å²) in [6.07, 6.45) is 15.2. The SMILES string of the molecule is Oc1ccc(C2CCCCCCCCCCC2)cc1Br. The van der Waals surface area contributed by atoms with E-state index < -0.39 is 0 Å². The number of hydrogen-bond acceptors (Lipinski definition) is 1. The van der Waals surface area contributed by atoms with Gasteiger partial charge in [-0.3, -0.25) is 0 Å². The van der Waals surface area contributed by atoms with Crippen LogP contribution in [0.15, 0.2) is 22.7 Å². The van der Waals surface area contributed by atoms with Crippen molar-refractivity contribution in [3.05, 3.63) is 28.2 Å². The first-order valence-electron chi connectivity index (χ1n) is 8.26. The van der Waals surface area contributed by atoms with E-state index in [0.717, 1.165) is 4.47 Å². The fourth-order valence-electron chi connectivity index (χ4n) is 3.27. The summed E-state index contributed by atoms with van der Waals surface area (Å²) in [6.45, 7) is 0. The second kappa shape index (κ2) is 8.71. The van der Waals surface area contributed by atoms with Crippen molar-refractivity contribution in [2.24, 2.45) is 0 Å². The number of benzene rings is 1. The lowest BCUT2D eigenvalue weighted by molar-refractivity contribution is 0.461. The molecular weight excluding hydrogens is 312 g/mol. The average molecular weight is 339 g/mol. The van der Waals surface area contributed by atoms with Gasteiger partial charge in [0.25, 0.3) is 0 Å². The van der Waals surface area contributed by atoms with Gasteiger partial charge in [-0.25, -0.2) is 0 Å². The Hall–Kier alpha value is -0.500. The van der Waals surface area contributed by atoms with E-state index in [1.54, 1.807) is 0 Å². The van der Waals surface area contributed by atoms with Gasteiger partial charge in [-0.2, -0.15) is 0 Å². The molecule has 1 aromatic carbocycles. The first-order valence-corrected chi connectivity index (χ1v) is 9.05. The maximum Gasteiger partial charge on any atom is 0.129 e. The van der Waals surface area contributed by atoms with Crippen LogP contribution in [0, 0.1) is 0 Å². The summed E-state index contributed by atoms with van der Waals surface area (Å²) in [7, 11) is 0. The maximum atomic E-state index is 9.65. The number of rotatable bonds is 1. The number of phenolic OH excluding ortho intramolecular Hbond substituents is 1. The fraction of sp³-hybridized carbons (Fsp3) is 0.667. The molecule has 0 unspecified atom stereocenters. The molecule has 0 bridgehead atoms. The molecule has 1 aliphatic carbocycles. The van der Waals surface area contributed by atoms with E-state index in [1.807, 2.05) is 6.07 Å². The van der Waals surface area contributed by atoms with Gasteiger partial charge in [-0.05, 0) is 52.4 Å². The molecule has 2 rings (SSSR count). The van der Waals surface area contributed by atoms with Crippen LogP contribution in [0.4, 0.5) is 0 Å². The number of halogens is 1. The van der Waals surface area contributed by atoms with Gasteiger partial charge in [0.2, 0.25) is 0 Å². The highest BCUT2D eigenvalue weighted by molar-refractivity contribution is 9.10. The van der Waals surface area contributed by atoms with Gasteiger partial charge in [0.15, 0.2) is 0 Å². The highest BCUT2D eigenvalue weighted by Gasteiger charge is 2.13. The highest BCUT2D eigenvalue weighted by atomic mass is 79.9. The van der Waals surface area contributed by atoms with Gasteiger partial charge < -0.3 is 5.11 Å². The molecule has 1 N–H and O–H groups in total. The van der Waals surface area contributed by atoms with Gasteiger partial charge in [-0.1, -0.05) is 63.9 Å². The molecule has 0 radical (unpaired) electrons. The lowest BCUT2D eigenvalue weighted by Crippen LogP contribution is -2.00. The first kappa shape index (κ1) is 15.9. The summed E-state index contributed by atoms with van der Waals surface area (Å²) in [5, 5.41) is 9.65. The van der Waals surface area contributed by atoms with Crippen molar-refractivity contribution >= 4 is 15.9 Å². The minimum Gasteiger partial charge on any atom is -0.507 e. The van der Waals surface area contributed by atoms with E-state index in [-0.39, 0.29) is 0 Å². The summed E-state index contributed by atoms with van der Waals surface area (Å²) < 4.78 is 0.834. The third-order valence-corrected chi connectivity index (χ3v) is 5.18. The molecule has 0 heterocycles. The van der Waals surface area contributed by atoms with Crippen LogP contribution in [0.1, 0.15) is 82.1 Å². The molecule has 1 aliphatic rings. The zero-order valence-corrected chi connectivity index (χ0v) is 14.0. The zero-order chi connectivity index (χ0) is 14.2. The van der Waals surface area contributed by atoms with Crippen LogP contribution < -0.4 is 0 Å². The van der Waals surface area contributed by atoms with Crippen LogP contribution in [-0.2, 0) is 0 Å². The molecule has 112 valence electrons. The van der Waals surface area contributed by atoms with Crippen molar-refractivity contribution in [3.8, 4) is 5.75 Å². The molecule has 0 aromatic heterocycles. The van der Waals surface area contributed by atoms with Crippen molar-refractivity contribution in [1.29, 1.82) is 0 Å². The van der Waals surface area contributed by atoms with Crippen LogP contribution >= 0.6 is 15.9 Å². The van der Waals surface area contributed by atoms with Crippen LogP contribution in [0.5, 0.6) is 5.75 Å². The third-order valence-electron chi connectivity index (χ3n) is 4.55. The van der Waals surface area contributed by atoms with Crippen LogP contribution in [-0.4, -0.2) is 5.11 Å². The monoisotopic (exact) mass is 338 g/mol. The topological polar surface area (TPSA) is 20.2 Å². The minimum atomic E-state index is 0.349. The molecule has 20 heavy (non-hydrogen) atoms. The lowest BCUT2D eigenvalue weighted by atomic mass is 9.87. The predicted octanol–water partition coefficient (Wildman–Crippen LogP) is 6.54.